The van der Waals surface area contributed by atoms with Gasteiger partial charge in [0, 0.05) is 22.3 Å². The third-order valence-corrected chi connectivity index (χ3v) is 6.12. The van der Waals surface area contributed by atoms with E-state index in [0.717, 1.165) is 11.5 Å². The van der Waals surface area contributed by atoms with Crippen LogP contribution in [0.25, 0.3) is 0 Å². The summed E-state index contributed by atoms with van der Waals surface area (Å²) in [6.07, 6.45) is 3.96. The molecular formula is C30H24O4. The SMILES string of the molecule is O=C1c2ccccc2C(=O)c2ccccc21.c1ccc2c(c1)CCC2.c1ccc2c(c1)OCO2. The van der Waals surface area contributed by atoms with E-state index in [9.17, 15) is 9.59 Å². The second kappa shape index (κ2) is 9.75. The lowest BCUT2D eigenvalue weighted by Crippen LogP contribution is -2.20. The number of ether oxygens (including phenoxy) is 2. The van der Waals surface area contributed by atoms with Gasteiger partial charge in [-0.05, 0) is 42.5 Å². The minimum Gasteiger partial charge on any atom is -0.454 e. The molecule has 168 valence electrons. The van der Waals surface area contributed by atoms with Crippen LogP contribution in [0.5, 0.6) is 11.5 Å². The van der Waals surface area contributed by atoms with E-state index in [1.807, 2.05) is 24.3 Å². The zero-order chi connectivity index (χ0) is 23.3. The normalized spacial score (nSPS) is 14.0. The summed E-state index contributed by atoms with van der Waals surface area (Å²) in [5.74, 6) is 1.56. The maximum atomic E-state index is 12.1. The van der Waals surface area contributed by atoms with Gasteiger partial charge < -0.3 is 9.47 Å². The van der Waals surface area contributed by atoms with E-state index in [0.29, 0.717) is 29.0 Å². The van der Waals surface area contributed by atoms with E-state index < -0.39 is 0 Å². The molecule has 4 nitrogen and oxygen atoms in total. The summed E-state index contributed by atoms with van der Waals surface area (Å²) < 4.78 is 10.2. The van der Waals surface area contributed by atoms with Crippen LogP contribution >= 0.6 is 0 Å². The van der Waals surface area contributed by atoms with E-state index in [-0.39, 0.29) is 11.6 Å². The van der Waals surface area contributed by atoms with Crippen LogP contribution in [0.3, 0.4) is 0 Å². The van der Waals surface area contributed by atoms with Crippen LogP contribution in [0.4, 0.5) is 0 Å². The molecule has 3 aliphatic rings. The van der Waals surface area contributed by atoms with Crippen LogP contribution < -0.4 is 9.47 Å². The number of hydrogen-bond donors (Lipinski definition) is 0. The predicted octanol–water partition coefficient (Wildman–Crippen LogP) is 6.05. The van der Waals surface area contributed by atoms with Crippen molar-refractivity contribution in [1.82, 2.24) is 0 Å². The zero-order valence-corrected chi connectivity index (χ0v) is 18.7. The number of ketones is 2. The van der Waals surface area contributed by atoms with Gasteiger partial charge in [0.2, 0.25) is 6.79 Å². The molecule has 4 heteroatoms. The third-order valence-electron chi connectivity index (χ3n) is 6.12. The van der Waals surface area contributed by atoms with Gasteiger partial charge >= 0.3 is 0 Å². The van der Waals surface area contributed by atoms with Crippen molar-refractivity contribution < 1.29 is 19.1 Å². The van der Waals surface area contributed by atoms with Crippen LogP contribution in [0.1, 0.15) is 49.4 Å². The zero-order valence-electron chi connectivity index (χ0n) is 18.7. The summed E-state index contributed by atoms with van der Waals surface area (Å²) in [4.78, 5) is 24.2. The topological polar surface area (TPSA) is 52.6 Å². The second-order valence-corrected chi connectivity index (χ2v) is 8.22. The molecule has 0 radical (unpaired) electrons. The molecule has 1 aliphatic heterocycles. The second-order valence-electron chi connectivity index (χ2n) is 8.22. The Hall–Kier alpha value is -4.18. The van der Waals surface area contributed by atoms with Gasteiger partial charge in [-0.1, -0.05) is 84.9 Å². The van der Waals surface area contributed by atoms with E-state index in [1.165, 1.54) is 19.3 Å². The Labute approximate surface area is 198 Å². The quantitative estimate of drug-likeness (QED) is 0.289. The summed E-state index contributed by atoms with van der Waals surface area (Å²) in [5, 5.41) is 0. The minimum absolute atomic E-state index is 0.0641. The molecule has 0 aromatic heterocycles. The highest BCUT2D eigenvalue weighted by atomic mass is 16.7. The fraction of sp³-hybridized carbons (Fsp3) is 0.133. The van der Waals surface area contributed by atoms with Gasteiger partial charge in [0.1, 0.15) is 0 Å². The summed E-state index contributed by atoms with van der Waals surface area (Å²) in [6.45, 7) is 0.360. The Morgan fingerprint density at radius 1 is 0.471 bits per heavy atom. The number of hydrogen-bond acceptors (Lipinski definition) is 4. The van der Waals surface area contributed by atoms with Gasteiger partial charge in [0.25, 0.3) is 0 Å². The minimum atomic E-state index is -0.0641. The van der Waals surface area contributed by atoms with Crippen molar-refractivity contribution >= 4 is 11.6 Å². The number of rotatable bonds is 0. The Morgan fingerprint density at radius 2 is 0.824 bits per heavy atom. The average molecular weight is 449 g/mol. The number of aryl methyl sites for hydroxylation is 2. The smallest absolute Gasteiger partial charge is 0.231 e. The van der Waals surface area contributed by atoms with Crippen LogP contribution in [0, 0.1) is 0 Å². The first-order valence-corrected chi connectivity index (χ1v) is 11.4. The maximum absolute atomic E-state index is 12.1. The molecule has 0 bridgehead atoms. The Balaban J connectivity index is 0.000000114. The first kappa shape index (κ1) is 21.7. The first-order valence-electron chi connectivity index (χ1n) is 11.4. The van der Waals surface area contributed by atoms with Crippen molar-refractivity contribution in [2.45, 2.75) is 19.3 Å². The average Bonchev–Trinajstić information content (AvgIpc) is 3.58. The molecule has 1 heterocycles. The number of para-hydroxylation sites is 2. The van der Waals surface area contributed by atoms with E-state index in [1.54, 1.807) is 59.7 Å². The molecule has 2 aliphatic carbocycles. The van der Waals surface area contributed by atoms with Gasteiger partial charge in [0.15, 0.2) is 23.1 Å². The van der Waals surface area contributed by atoms with Crippen LogP contribution in [-0.4, -0.2) is 18.4 Å². The molecule has 34 heavy (non-hydrogen) atoms. The molecule has 0 spiro atoms. The van der Waals surface area contributed by atoms with Crippen LogP contribution in [0.15, 0.2) is 97.1 Å². The lowest BCUT2D eigenvalue weighted by Gasteiger charge is -2.16. The lowest BCUT2D eigenvalue weighted by molar-refractivity contribution is 0.0979. The summed E-state index contributed by atoms with van der Waals surface area (Å²) in [6, 6.07) is 30.3. The van der Waals surface area contributed by atoms with Crippen molar-refractivity contribution in [3.05, 3.63) is 130 Å². The van der Waals surface area contributed by atoms with Crippen LogP contribution in [-0.2, 0) is 12.8 Å². The molecular weight excluding hydrogens is 424 g/mol. The van der Waals surface area contributed by atoms with Gasteiger partial charge in [-0.2, -0.15) is 0 Å². The Morgan fingerprint density at radius 3 is 1.24 bits per heavy atom. The molecule has 0 N–H and O–H groups in total. The fourth-order valence-electron chi connectivity index (χ4n) is 4.41. The number of fused-ring (bicyclic) bond motifs is 4. The fourth-order valence-corrected chi connectivity index (χ4v) is 4.41. The molecule has 0 amide bonds. The molecule has 0 unspecified atom stereocenters. The van der Waals surface area contributed by atoms with Crippen molar-refractivity contribution in [2.24, 2.45) is 0 Å². The molecule has 0 saturated heterocycles. The van der Waals surface area contributed by atoms with Gasteiger partial charge in [-0.15, -0.1) is 0 Å². The highest BCUT2D eigenvalue weighted by molar-refractivity contribution is 6.28. The third kappa shape index (κ3) is 4.35. The summed E-state index contributed by atoms with van der Waals surface area (Å²) in [7, 11) is 0. The number of benzene rings is 4. The van der Waals surface area contributed by atoms with E-state index in [2.05, 4.69) is 24.3 Å². The maximum Gasteiger partial charge on any atom is 0.231 e. The highest BCUT2D eigenvalue weighted by Crippen LogP contribution is 2.30. The number of carbonyl (C=O) groups is 2. The Kier molecular flexibility index (Phi) is 6.21. The predicted molar refractivity (Wildman–Crippen MR) is 131 cm³/mol. The number of carbonyl (C=O) groups excluding carboxylic acids is 2. The van der Waals surface area contributed by atoms with Gasteiger partial charge in [-0.3, -0.25) is 9.59 Å². The standard InChI is InChI=1S/C14H8O2.C9H10.C7H6O2/c15-13-9-5-1-2-6-10(9)14(16)12-8-4-3-7-11(12)13;1-2-5-9-7-3-6-8(9)4-1;1-2-4-7-6(3-1)8-5-9-7/h1-8H;1-2,4-5H,3,6-7H2;1-4H,5H2. The van der Waals surface area contributed by atoms with Crippen molar-refractivity contribution in [3.63, 3.8) is 0 Å². The van der Waals surface area contributed by atoms with Crippen LogP contribution in [0.2, 0.25) is 0 Å². The Bertz CT molecular complexity index is 1150. The monoisotopic (exact) mass is 448 g/mol. The molecule has 4 aromatic rings. The molecule has 0 atom stereocenters. The molecule has 0 fully saturated rings. The van der Waals surface area contributed by atoms with Crippen molar-refractivity contribution in [3.8, 4) is 11.5 Å². The largest absolute Gasteiger partial charge is 0.454 e. The molecule has 4 aromatic carbocycles. The summed E-state index contributed by atoms with van der Waals surface area (Å²) in [5.41, 5.74) is 5.16. The lowest BCUT2D eigenvalue weighted by atomic mass is 9.84. The molecule has 7 rings (SSSR count). The van der Waals surface area contributed by atoms with E-state index in [4.69, 9.17) is 9.47 Å². The molecule has 0 saturated carbocycles. The van der Waals surface area contributed by atoms with Gasteiger partial charge in [-0.25, -0.2) is 0 Å². The van der Waals surface area contributed by atoms with Crippen molar-refractivity contribution in [2.75, 3.05) is 6.79 Å². The summed E-state index contributed by atoms with van der Waals surface area (Å²) >= 11 is 0. The van der Waals surface area contributed by atoms with Gasteiger partial charge in [0.05, 0.1) is 0 Å². The van der Waals surface area contributed by atoms with E-state index >= 15 is 0 Å². The highest BCUT2D eigenvalue weighted by Gasteiger charge is 2.28. The van der Waals surface area contributed by atoms with Crippen molar-refractivity contribution in [1.29, 1.82) is 0 Å². The first-order chi connectivity index (χ1) is 16.7.